The lowest BCUT2D eigenvalue weighted by molar-refractivity contribution is -0.132. The molecule has 0 saturated carbocycles. The van der Waals surface area contributed by atoms with Crippen LogP contribution >= 0.6 is 0 Å². The minimum atomic E-state index is -0.151. The fourth-order valence-corrected chi connectivity index (χ4v) is 3.80. The molecule has 2 aromatic carbocycles. The summed E-state index contributed by atoms with van der Waals surface area (Å²) in [5, 5.41) is 1.89. The van der Waals surface area contributed by atoms with E-state index in [-0.39, 0.29) is 18.4 Å². The molecule has 3 rings (SSSR count). The van der Waals surface area contributed by atoms with E-state index in [1.54, 1.807) is 12.0 Å². The van der Waals surface area contributed by atoms with Crippen LogP contribution in [0.5, 0.6) is 0 Å². The first-order valence-electron chi connectivity index (χ1n) is 11.2. The Morgan fingerprint density at radius 2 is 1.75 bits per heavy atom. The van der Waals surface area contributed by atoms with Crippen LogP contribution in [0.1, 0.15) is 35.8 Å². The zero-order valence-electron chi connectivity index (χ0n) is 19.3. The van der Waals surface area contributed by atoms with Gasteiger partial charge < -0.3 is 19.1 Å². The first-order valence-corrected chi connectivity index (χ1v) is 11.2. The molecular weight excluding hydrogens is 402 g/mol. The van der Waals surface area contributed by atoms with Gasteiger partial charge in [-0.2, -0.15) is 0 Å². The highest BCUT2D eigenvalue weighted by Crippen LogP contribution is 2.20. The van der Waals surface area contributed by atoms with Crippen molar-refractivity contribution >= 4 is 22.6 Å². The van der Waals surface area contributed by atoms with Gasteiger partial charge >= 0.3 is 0 Å². The molecule has 0 fully saturated rings. The van der Waals surface area contributed by atoms with E-state index in [0.717, 1.165) is 29.3 Å². The molecule has 0 aliphatic heterocycles. The third-order valence-corrected chi connectivity index (χ3v) is 5.74. The third-order valence-electron chi connectivity index (χ3n) is 5.74. The molecule has 170 valence electrons. The van der Waals surface area contributed by atoms with Gasteiger partial charge in [0.1, 0.15) is 6.54 Å². The van der Waals surface area contributed by atoms with E-state index in [2.05, 4.69) is 6.92 Å². The number of hydrogen-bond acceptors (Lipinski definition) is 3. The van der Waals surface area contributed by atoms with Crippen LogP contribution in [0.2, 0.25) is 0 Å². The first kappa shape index (κ1) is 23.5. The lowest BCUT2D eigenvalue weighted by Gasteiger charge is -2.28. The molecule has 1 aromatic heterocycles. The van der Waals surface area contributed by atoms with Gasteiger partial charge in [-0.25, -0.2) is 0 Å². The van der Waals surface area contributed by atoms with Gasteiger partial charge in [-0.15, -0.1) is 0 Å². The molecule has 0 atom stereocenters. The Morgan fingerprint density at radius 3 is 2.47 bits per heavy atom. The highest BCUT2D eigenvalue weighted by atomic mass is 16.5. The largest absolute Gasteiger partial charge is 0.383 e. The predicted molar refractivity (Wildman–Crippen MR) is 127 cm³/mol. The minimum absolute atomic E-state index is 0.0273. The van der Waals surface area contributed by atoms with E-state index in [4.69, 9.17) is 4.74 Å². The van der Waals surface area contributed by atoms with E-state index in [9.17, 15) is 9.59 Å². The van der Waals surface area contributed by atoms with Gasteiger partial charge in [0, 0.05) is 44.7 Å². The molecule has 0 spiro atoms. The minimum Gasteiger partial charge on any atom is -0.383 e. The number of amides is 2. The van der Waals surface area contributed by atoms with Crippen LogP contribution in [0.4, 0.5) is 0 Å². The van der Waals surface area contributed by atoms with Crippen LogP contribution in [0.3, 0.4) is 0 Å². The highest BCUT2D eigenvalue weighted by Gasteiger charge is 2.23. The van der Waals surface area contributed by atoms with E-state index in [0.29, 0.717) is 31.8 Å². The van der Waals surface area contributed by atoms with Crippen LogP contribution in [-0.2, 0) is 23.1 Å². The van der Waals surface area contributed by atoms with Crippen molar-refractivity contribution in [1.29, 1.82) is 0 Å². The second-order valence-electron chi connectivity index (χ2n) is 8.03. The smallest absolute Gasteiger partial charge is 0.255 e. The van der Waals surface area contributed by atoms with Gasteiger partial charge in [0.2, 0.25) is 5.91 Å². The molecule has 0 N–H and O–H groups in total. The monoisotopic (exact) mass is 435 g/mol. The molecule has 3 aromatic rings. The normalized spacial score (nSPS) is 11.0. The number of carbonyl (C=O) groups excluding carboxylic acids is 2. The Hall–Kier alpha value is -3.12. The summed E-state index contributed by atoms with van der Waals surface area (Å²) in [7, 11) is 3.58. The number of aryl methyl sites for hydroxylation is 1. The molecule has 0 aliphatic carbocycles. The maximum Gasteiger partial charge on any atom is 0.255 e. The number of methoxy groups -OCH3 is 1. The van der Waals surface area contributed by atoms with Gasteiger partial charge in [-0.3, -0.25) is 9.59 Å². The molecule has 2 amide bonds. The summed E-state index contributed by atoms with van der Waals surface area (Å²) in [4.78, 5) is 30.3. The van der Waals surface area contributed by atoms with E-state index >= 15 is 0 Å². The predicted octanol–water partition coefficient (Wildman–Crippen LogP) is 4.10. The van der Waals surface area contributed by atoms with Crippen LogP contribution < -0.4 is 0 Å². The Morgan fingerprint density at radius 1 is 0.969 bits per heavy atom. The van der Waals surface area contributed by atoms with Crippen molar-refractivity contribution in [2.24, 2.45) is 7.05 Å². The quantitative estimate of drug-likeness (QED) is 0.456. The number of fused-ring (bicyclic) bond motifs is 1. The average Bonchev–Trinajstić information content (AvgIpc) is 3.22. The second kappa shape index (κ2) is 11.5. The maximum atomic E-state index is 13.5. The van der Waals surface area contributed by atoms with Crippen LogP contribution in [0, 0.1) is 0 Å². The number of unbranched alkanes of at least 4 members (excludes halogenated alkanes) is 1. The van der Waals surface area contributed by atoms with Gasteiger partial charge in [0.05, 0.1) is 13.2 Å². The van der Waals surface area contributed by atoms with E-state index < -0.39 is 0 Å². The molecule has 1 heterocycles. The van der Waals surface area contributed by atoms with Gasteiger partial charge in [0.15, 0.2) is 0 Å². The molecule has 0 saturated heterocycles. The number of carbonyl (C=O) groups is 2. The summed E-state index contributed by atoms with van der Waals surface area (Å²) in [5.74, 6) is -0.203. The highest BCUT2D eigenvalue weighted by molar-refractivity contribution is 6.07. The summed E-state index contributed by atoms with van der Waals surface area (Å²) < 4.78 is 7.26. The summed E-state index contributed by atoms with van der Waals surface area (Å²) in [6.45, 7) is 4.07. The number of hydrogen-bond donors (Lipinski definition) is 0. The fraction of sp³-hybridized carbons (Fsp3) is 0.385. The summed E-state index contributed by atoms with van der Waals surface area (Å²) in [6, 6.07) is 17.5. The summed E-state index contributed by atoms with van der Waals surface area (Å²) >= 11 is 0. The zero-order chi connectivity index (χ0) is 22.9. The van der Waals surface area contributed by atoms with Crippen LogP contribution in [0.15, 0.2) is 60.8 Å². The summed E-state index contributed by atoms with van der Waals surface area (Å²) in [5.41, 5.74) is 1.67. The molecule has 6 nitrogen and oxygen atoms in total. The van der Waals surface area contributed by atoms with E-state index in [1.165, 1.54) is 0 Å². The number of ether oxygens (including phenoxy) is 1. The van der Waals surface area contributed by atoms with Gasteiger partial charge in [-0.1, -0.05) is 49.7 Å². The topological polar surface area (TPSA) is 54.8 Å². The average molecular weight is 436 g/mol. The number of nitrogens with zero attached hydrogens (tertiary/aromatic N) is 3. The Balaban J connectivity index is 1.83. The van der Waals surface area contributed by atoms with E-state index in [1.807, 2.05) is 77.3 Å². The van der Waals surface area contributed by atoms with Crippen molar-refractivity contribution in [1.82, 2.24) is 14.4 Å². The number of aromatic nitrogens is 1. The van der Waals surface area contributed by atoms with Crippen molar-refractivity contribution in [2.45, 2.75) is 26.3 Å². The van der Waals surface area contributed by atoms with Crippen LogP contribution in [-0.4, -0.2) is 59.5 Å². The van der Waals surface area contributed by atoms with Crippen molar-refractivity contribution < 1.29 is 14.3 Å². The lowest BCUT2D eigenvalue weighted by Crippen LogP contribution is -2.44. The fourth-order valence-electron chi connectivity index (χ4n) is 3.80. The first-order chi connectivity index (χ1) is 15.5. The zero-order valence-corrected chi connectivity index (χ0v) is 19.3. The Labute approximate surface area is 190 Å². The second-order valence-corrected chi connectivity index (χ2v) is 8.03. The van der Waals surface area contributed by atoms with Crippen molar-refractivity contribution in [3.8, 4) is 0 Å². The van der Waals surface area contributed by atoms with Crippen molar-refractivity contribution in [3.05, 3.63) is 72.1 Å². The van der Waals surface area contributed by atoms with Crippen molar-refractivity contribution in [3.63, 3.8) is 0 Å². The third kappa shape index (κ3) is 5.77. The lowest BCUT2D eigenvalue weighted by atomic mass is 10.0. The molecule has 0 bridgehead atoms. The number of rotatable bonds is 11. The molecule has 0 unspecified atom stereocenters. The number of benzene rings is 2. The molecule has 0 aliphatic rings. The molecule has 6 heteroatoms. The van der Waals surface area contributed by atoms with Crippen molar-refractivity contribution in [2.75, 3.05) is 33.4 Å². The maximum absolute atomic E-state index is 13.5. The van der Waals surface area contributed by atoms with Gasteiger partial charge in [0.25, 0.3) is 5.91 Å². The van der Waals surface area contributed by atoms with Gasteiger partial charge in [-0.05, 0) is 35.4 Å². The molecule has 32 heavy (non-hydrogen) atoms. The summed E-state index contributed by atoms with van der Waals surface area (Å²) in [6.07, 6.45) is 3.90. The standard InChI is InChI=1S/C26H33N3O3/c1-4-5-16-28(19-22-12-9-15-27(22)2)25(30)20-29(17-18-32-3)26(31)24-14-8-11-21-10-6-7-13-23(21)24/h6-15H,4-5,16-20H2,1-3H3. The Bertz CT molecular complexity index is 1040. The van der Waals surface area contributed by atoms with Crippen LogP contribution in [0.25, 0.3) is 10.8 Å². The SMILES string of the molecule is CCCCN(Cc1cccn1C)C(=O)CN(CCOC)C(=O)c1cccc2ccccc12. The Kier molecular flexibility index (Phi) is 8.45. The molecule has 0 radical (unpaired) electrons. The molecular formula is C26H33N3O3.